The van der Waals surface area contributed by atoms with Gasteiger partial charge in [0.2, 0.25) is 6.41 Å². The number of hydrogen-bond donors (Lipinski definition) is 2. The first-order valence-corrected chi connectivity index (χ1v) is 6.19. The van der Waals surface area contributed by atoms with E-state index in [2.05, 4.69) is 39.6 Å². The maximum Gasteiger partial charge on any atom is 0.307 e. The van der Waals surface area contributed by atoms with Gasteiger partial charge in [-0.1, -0.05) is 40.2 Å². The molecule has 1 aliphatic rings. The monoisotopic (exact) mass is 257 g/mol. The number of carboxylic acid groups (broad SMARTS) is 1. The van der Waals surface area contributed by atoms with Gasteiger partial charge in [0.05, 0.1) is 5.92 Å². The molecule has 0 radical (unpaired) electrons. The van der Waals surface area contributed by atoms with E-state index < -0.39 is 5.97 Å². The highest BCUT2D eigenvalue weighted by Crippen LogP contribution is 2.38. The summed E-state index contributed by atoms with van der Waals surface area (Å²) in [6, 6.07) is 0. The Morgan fingerprint density at radius 2 is 1.89 bits per heavy atom. The molecule has 2 atom stereocenters. The molecule has 1 rings (SSSR count). The zero-order valence-corrected chi connectivity index (χ0v) is 12.2. The van der Waals surface area contributed by atoms with Crippen LogP contribution in [0.4, 0.5) is 0 Å². The first-order chi connectivity index (χ1) is 8.23. The largest absolute Gasteiger partial charge is 0.481 e. The highest BCUT2D eigenvalue weighted by Gasteiger charge is 2.40. The van der Waals surface area contributed by atoms with Crippen LogP contribution in [-0.2, 0) is 9.59 Å². The van der Waals surface area contributed by atoms with Gasteiger partial charge in [0.15, 0.2) is 0 Å². The summed E-state index contributed by atoms with van der Waals surface area (Å²) in [5.41, 5.74) is 0.542. The topological polar surface area (TPSA) is 66.4 Å². The van der Waals surface area contributed by atoms with E-state index in [0.29, 0.717) is 11.8 Å². The molecule has 4 heteroatoms. The number of hydrogen-bond acceptors (Lipinski definition) is 2. The van der Waals surface area contributed by atoms with Crippen LogP contribution in [0.25, 0.3) is 0 Å². The Hall–Kier alpha value is -1.32. The van der Waals surface area contributed by atoms with Gasteiger partial charge in [-0.25, -0.2) is 0 Å². The zero-order valence-electron chi connectivity index (χ0n) is 12.2. The molecule has 0 saturated heterocycles. The molecular weight excluding hydrogens is 230 g/mol. The molecule has 106 valence electrons. The van der Waals surface area contributed by atoms with Crippen LogP contribution in [0.15, 0.2) is 12.7 Å². The summed E-state index contributed by atoms with van der Waals surface area (Å²) in [6.07, 6.45) is 4.39. The molecule has 0 aromatic heterocycles. The first kappa shape index (κ1) is 19.0. The SMILES string of the molecule is C=CC1CC1C(=O)O.CCC(C)(C)C.CNC=O. The standard InChI is InChI=1S/C6H8O2.C6H14.C2H5NO/c1-2-4-3-5(4)6(7)8;1-5-6(2,3)4;1-3-2-4/h2,4-5H,1,3H2,(H,7,8);5H2,1-4H3;2H,1H3,(H,3,4). The summed E-state index contributed by atoms with van der Waals surface area (Å²) in [6.45, 7) is 12.4. The smallest absolute Gasteiger partial charge is 0.307 e. The minimum atomic E-state index is -0.685. The fourth-order valence-corrected chi connectivity index (χ4v) is 0.759. The zero-order chi connectivity index (χ0) is 14.8. The minimum Gasteiger partial charge on any atom is -0.481 e. The van der Waals surface area contributed by atoms with Crippen molar-refractivity contribution in [2.75, 3.05) is 7.05 Å². The average Bonchev–Trinajstić information content (AvgIpc) is 3.08. The van der Waals surface area contributed by atoms with E-state index in [9.17, 15) is 4.79 Å². The van der Waals surface area contributed by atoms with Crippen molar-refractivity contribution < 1.29 is 14.7 Å². The summed E-state index contributed by atoms with van der Waals surface area (Å²) in [4.78, 5) is 19.1. The van der Waals surface area contributed by atoms with Gasteiger partial charge in [-0.05, 0) is 17.8 Å². The van der Waals surface area contributed by atoms with Gasteiger partial charge in [0, 0.05) is 7.05 Å². The molecule has 1 fully saturated rings. The Morgan fingerprint density at radius 1 is 1.50 bits per heavy atom. The summed E-state index contributed by atoms with van der Waals surface area (Å²) in [5, 5.41) is 10.6. The van der Waals surface area contributed by atoms with E-state index in [1.165, 1.54) is 6.42 Å². The molecule has 0 spiro atoms. The number of nitrogens with one attached hydrogen (secondary N) is 1. The Bertz CT molecular complexity index is 256. The van der Waals surface area contributed by atoms with Crippen molar-refractivity contribution in [1.82, 2.24) is 5.32 Å². The van der Waals surface area contributed by atoms with Gasteiger partial charge in [0.25, 0.3) is 0 Å². The summed E-state index contributed by atoms with van der Waals surface area (Å²) >= 11 is 0. The lowest BCUT2D eigenvalue weighted by molar-refractivity contribution is -0.138. The number of aliphatic carboxylic acids is 1. The number of amides is 1. The number of carbonyl (C=O) groups is 2. The normalized spacial score (nSPS) is 20.3. The summed E-state index contributed by atoms with van der Waals surface area (Å²) in [7, 11) is 1.56. The molecule has 1 amide bonds. The number of carboxylic acids is 1. The summed E-state index contributed by atoms with van der Waals surface area (Å²) in [5.74, 6) is -0.546. The highest BCUT2D eigenvalue weighted by molar-refractivity contribution is 5.73. The Kier molecular flexibility index (Phi) is 10.2. The summed E-state index contributed by atoms with van der Waals surface area (Å²) < 4.78 is 0. The molecular formula is C14H27NO3. The molecule has 1 aliphatic carbocycles. The van der Waals surface area contributed by atoms with Crippen LogP contribution in [-0.4, -0.2) is 24.5 Å². The van der Waals surface area contributed by atoms with Gasteiger partial charge in [0.1, 0.15) is 0 Å². The molecule has 18 heavy (non-hydrogen) atoms. The maximum atomic E-state index is 10.1. The second-order valence-electron chi connectivity index (χ2n) is 5.40. The Morgan fingerprint density at radius 3 is 1.94 bits per heavy atom. The Labute approximate surface area is 110 Å². The van der Waals surface area contributed by atoms with Crippen LogP contribution in [0, 0.1) is 17.3 Å². The van der Waals surface area contributed by atoms with Gasteiger partial charge in [-0.15, -0.1) is 6.58 Å². The molecule has 0 aliphatic heterocycles. The van der Waals surface area contributed by atoms with Crippen molar-refractivity contribution in [3.8, 4) is 0 Å². The van der Waals surface area contributed by atoms with Crippen LogP contribution < -0.4 is 5.32 Å². The van der Waals surface area contributed by atoms with Crippen LogP contribution in [0.5, 0.6) is 0 Å². The van der Waals surface area contributed by atoms with Gasteiger partial charge in [-0.2, -0.15) is 0 Å². The molecule has 4 nitrogen and oxygen atoms in total. The third kappa shape index (κ3) is 12.7. The lowest BCUT2D eigenvalue weighted by atomic mass is 9.94. The predicted octanol–water partition coefficient (Wildman–Crippen LogP) is 2.70. The van der Waals surface area contributed by atoms with E-state index in [1.807, 2.05) is 0 Å². The third-order valence-corrected chi connectivity index (χ3v) is 2.64. The van der Waals surface area contributed by atoms with Gasteiger partial charge in [-0.3, -0.25) is 9.59 Å². The lowest BCUT2D eigenvalue weighted by Crippen LogP contribution is -2.00. The van der Waals surface area contributed by atoms with Gasteiger partial charge >= 0.3 is 5.97 Å². The quantitative estimate of drug-likeness (QED) is 0.603. The second kappa shape index (κ2) is 9.68. The highest BCUT2D eigenvalue weighted by atomic mass is 16.4. The number of rotatable bonds is 3. The average molecular weight is 257 g/mol. The predicted molar refractivity (Wildman–Crippen MR) is 74.3 cm³/mol. The third-order valence-electron chi connectivity index (χ3n) is 2.64. The minimum absolute atomic E-state index is 0.118. The molecule has 0 aromatic rings. The second-order valence-corrected chi connectivity index (χ2v) is 5.40. The first-order valence-electron chi connectivity index (χ1n) is 6.19. The fraction of sp³-hybridized carbons (Fsp3) is 0.714. The van der Waals surface area contributed by atoms with E-state index >= 15 is 0 Å². The van der Waals surface area contributed by atoms with E-state index in [4.69, 9.17) is 9.90 Å². The van der Waals surface area contributed by atoms with Crippen LogP contribution in [0.3, 0.4) is 0 Å². The van der Waals surface area contributed by atoms with Crippen molar-refractivity contribution in [2.45, 2.75) is 40.5 Å². The molecule has 0 aromatic carbocycles. The van der Waals surface area contributed by atoms with Crippen molar-refractivity contribution in [2.24, 2.45) is 17.3 Å². The van der Waals surface area contributed by atoms with Crippen molar-refractivity contribution in [3.63, 3.8) is 0 Å². The molecule has 1 saturated carbocycles. The molecule has 2 N–H and O–H groups in total. The van der Waals surface area contributed by atoms with Crippen molar-refractivity contribution in [1.29, 1.82) is 0 Å². The van der Waals surface area contributed by atoms with Crippen molar-refractivity contribution >= 4 is 12.4 Å². The molecule has 2 unspecified atom stereocenters. The fourth-order valence-electron chi connectivity index (χ4n) is 0.759. The number of carbonyl (C=O) groups excluding carboxylic acids is 1. The maximum absolute atomic E-state index is 10.1. The van der Waals surface area contributed by atoms with Crippen LogP contribution in [0.1, 0.15) is 40.5 Å². The van der Waals surface area contributed by atoms with Gasteiger partial charge < -0.3 is 10.4 Å². The number of allylic oxidation sites excluding steroid dienone is 1. The van der Waals surface area contributed by atoms with Crippen LogP contribution >= 0.6 is 0 Å². The lowest BCUT2D eigenvalue weighted by Gasteiger charge is -2.12. The van der Waals surface area contributed by atoms with Crippen molar-refractivity contribution in [3.05, 3.63) is 12.7 Å². The van der Waals surface area contributed by atoms with E-state index in [-0.39, 0.29) is 11.8 Å². The Balaban J connectivity index is 0. The molecule has 0 heterocycles. The van der Waals surface area contributed by atoms with E-state index in [1.54, 1.807) is 13.1 Å². The van der Waals surface area contributed by atoms with E-state index in [0.717, 1.165) is 6.42 Å². The molecule has 0 bridgehead atoms. The van der Waals surface area contributed by atoms with Crippen LogP contribution in [0.2, 0.25) is 0 Å².